The molecule has 0 saturated heterocycles. The van der Waals surface area contributed by atoms with Crippen LogP contribution in [0.15, 0.2) is 29.0 Å². The van der Waals surface area contributed by atoms with Crippen LogP contribution in [-0.2, 0) is 13.5 Å². The van der Waals surface area contributed by atoms with Gasteiger partial charge < -0.3 is 0 Å². The van der Waals surface area contributed by atoms with Crippen LogP contribution in [0.5, 0.6) is 0 Å². The van der Waals surface area contributed by atoms with Gasteiger partial charge in [0.2, 0.25) is 0 Å². The molecule has 14 heavy (non-hydrogen) atoms. The Balaban J connectivity index is 2.19. The lowest BCUT2D eigenvalue weighted by Crippen LogP contribution is -2.00. The topological polar surface area (TPSA) is 43.6 Å². The van der Waals surface area contributed by atoms with Gasteiger partial charge in [-0.1, -0.05) is 5.21 Å². The predicted octanol–water partition coefficient (Wildman–Crippen LogP) is 1.56. The highest BCUT2D eigenvalue weighted by atomic mass is 79.9. The Bertz CT molecular complexity index is 421. The second kappa shape index (κ2) is 3.88. The monoisotopic (exact) mass is 252 g/mol. The molecular formula is C9H9BrN4. The van der Waals surface area contributed by atoms with E-state index in [1.807, 2.05) is 19.2 Å². The first kappa shape index (κ1) is 9.33. The zero-order valence-electron chi connectivity index (χ0n) is 7.68. The summed E-state index contributed by atoms with van der Waals surface area (Å²) >= 11 is 3.35. The van der Waals surface area contributed by atoms with Crippen molar-refractivity contribution in [2.45, 2.75) is 6.42 Å². The van der Waals surface area contributed by atoms with E-state index in [9.17, 15) is 0 Å². The van der Waals surface area contributed by atoms with E-state index in [1.54, 1.807) is 17.1 Å². The van der Waals surface area contributed by atoms with E-state index in [1.165, 1.54) is 0 Å². The second-order valence-corrected chi connectivity index (χ2v) is 3.91. The molecule has 2 aromatic rings. The number of pyridine rings is 1. The van der Waals surface area contributed by atoms with Crippen molar-refractivity contribution in [3.8, 4) is 0 Å². The molecule has 0 bridgehead atoms. The maximum atomic E-state index is 4.28. The maximum absolute atomic E-state index is 4.28. The molecule has 5 heteroatoms. The molecule has 0 spiro atoms. The summed E-state index contributed by atoms with van der Waals surface area (Å²) in [6.07, 6.45) is 4.31. The quantitative estimate of drug-likeness (QED) is 0.815. The number of nitrogens with zero attached hydrogens (tertiary/aromatic N) is 4. The van der Waals surface area contributed by atoms with E-state index < -0.39 is 0 Å². The fourth-order valence-corrected chi connectivity index (χ4v) is 1.40. The molecule has 0 unspecified atom stereocenters. The summed E-state index contributed by atoms with van der Waals surface area (Å²) in [6, 6.07) is 3.96. The molecule has 0 fully saturated rings. The van der Waals surface area contributed by atoms with Crippen LogP contribution < -0.4 is 0 Å². The number of rotatable bonds is 2. The Hall–Kier alpha value is -1.23. The second-order valence-electron chi connectivity index (χ2n) is 2.99. The van der Waals surface area contributed by atoms with Crippen molar-refractivity contribution in [2.75, 3.05) is 0 Å². The Morgan fingerprint density at radius 3 is 2.79 bits per heavy atom. The van der Waals surface area contributed by atoms with E-state index in [0.717, 1.165) is 22.3 Å². The van der Waals surface area contributed by atoms with Crippen molar-refractivity contribution < 1.29 is 0 Å². The highest BCUT2D eigenvalue weighted by Crippen LogP contribution is 2.10. The summed E-state index contributed by atoms with van der Waals surface area (Å²) in [6.45, 7) is 0. The minimum absolute atomic E-state index is 0.761. The molecule has 0 aromatic carbocycles. The minimum Gasteiger partial charge on any atom is -0.260 e. The van der Waals surface area contributed by atoms with Crippen LogP contribution in [0.4, 0.5) is 0 Å². The van der Waals surface area contributed by atoms with Crippen LogP contribution >= 0.6 is 15.9 Å². The summed E-state index contributed by atoms with van der Waals surface area (Å²) in [5.41, 5.74) is 2.07. The largest absolute Gasteiger partial charge is 0.260 e. The van der Waals surface area contributed by atoms with Gasteiger partial charge in [-0.15, -0.1) is 5.10 Å². The third-order valence-corrected chi connectivity index (χ3v) is 2.43. The fourth-order valence-electron chi connectivity index (χ4n) is 1.17. The zero-order chi connectivity index (χ0) is 9.97. The lowest BCUT2D eigenvalue weighted by Gasteiger charge is -1.99. The number of hydrogen-bond donors (Lipinski definition) is 0. The third-order valence-electron chi connectivity index (χ3n) is 1.96. The predicted molar refractivity (Wildman–Crippen MR) is 55.7 cm³/mol. The van der Waals surface area contributed by atoms with Crippen molar-refractivity contribution in [1.29, 1.82) is 0 Å². The van der Waals surface area contributed by atoms with Crippen molar-refractivity contribution in [1.82, 2.24) is 20.0 Å². The number of halogens is 1. The third kappa shape index (κ3) is 1.98. The highest BCUT2D eigenvalue weighted by Gasteiger charge is 2.02. The van der Waals surface area contributed by atoms with Gasteiger partial charge >= 0.3 is 0 Å². The molecule has 0 aliphatic heterocycles. The zero-order valence-corrected chi connectivity index (χ0v) is 9.27. The SMILES string of the molecule is Cn1nncc1Cc1ccc(Br)cn1. The van der Waals surface area contributed by atoms with Gasteiger partial charge in [0.15, 0.2) is 0 Å². The van der Waals surface area contributed by atoms with Gasteiger partial charge in [-0.05, 0) is 28.1 Å². The molecule has 0 N–H and O–H groups in total. The first-order valence-corrected chi connectivity index (χ1v) is 4.99. The van der Waals surface area contributed by atoms with Crippen molar-refractivity contribution in [3.05, 3.63) is 40.4 Å². The molecule has 0 atom stereocenters. The van der Waals surface area contributed by atoms with Gasteiger partial charge in [0.1, 0.15) is 0 Å². The Morgan fingerprint density at radius 2 is 2.21 bits per heavy atom. The van der Waals surface area contributed by atoms with Crippen molar-refractivity contribution >= 4 is 15.9 Å². The summed E-state index contributed by atoms with van der Waals surface area (Å²) in [7, 11) is 1.88. The molecule has 2 aromatic heterocycles. The van der Waals surface area contributed by atoms with E-state index in [2.05, 4.69) is 31.2 Å². The lowest BCUT2D eigenvalue weighted by molar-refractivity contribution is 0.684. The first-order chi connectivity index (χ1) is 6.75. The summed E-state index contributed by atoms with van der Waals surface area (Å²) in [5, 5.41) is 7.67. The van der Waals surface area contributed by atoms with Gasteiger partial charge in [-0.2, -0.15) is 0 Å². The number of aryl methyl sites for hydroxylation is 1. The summed E-state index contributed by atoms with van der Waals surface area (Å²) in [4.78, 5) is 4.28. The summed E-state index contributed by atoms with van der Waals surface area (Å²) < 4.78 is 2.74. The molecule has 0 saturated carbocycles. The van der Waals surface area contributed by atoms with E-state index in [-0.39, 0.29) is 0 Å². The smallest absolute Gasteiger partial charge is 0.0729 e. The molecule has 4 nitrogen and oxygen atoms in total. The standard InChI is InChI=1S/C9H9BrN4/c1-14-9(6-12-13-14)4-8-3-2-7(10)5-11-8/h2-3,5-6H,4H2,1H3. The minimum atomic E-state index is 0.761. The van der Waals surface area contributed by atoms with Gasteiger partial charge in [0.05, 0.1) is 11.9 Å². The molecule has 2 heterocycles. The molecule has 0 aliphatic carbocycles. The van der Waals surface area contributed by atoms with Crippen molar-refractivity contribution in [2.24, 2.45) is 7.05 Å². The van der Waals surface area contributed by atoms with Crippen LogP contribution in [0.25, 0.3) is 0 Å². The average molecular weight is 253 g/mol. The molecule has 0 aliphatic rings. The summed E-state index contributed by atoms with van der Waals surface area (Å²) in [5.74, 6) is 0. The Morgan fingerprint density at radius 1 is 1.36 bits per heavy atom. The Kier molecular flexibility index (Phi) is 2.58. The lowest BCUT2D eigenvalue weighted by atomic mass is 10.2. The van der Waals surface area contributed by atoms with E-state index in [4.69, 9.17) is 0 Å². The fraction of sp³-hybridized carbons (Fsp3) is 0.222. The van der Waals surface area contributed by atoms with Crippen LogP contribution in [0.2, 0.25) is 0 Å². The number of hydrogen-bond acceptors (Lipinski definition) is 3. The normalized spacial score (nSPS) is 10.4. The van der Waals surface area contributed by atoms with Crippen molar-refractivity contribution in [3.63, 3.8) is 0 Å². The average Bonchev–Trinajstić information content (AvgIpc) is 2.56. The molecule has 72 valence electrons. The maximum Gasteiger partial charge on any atom is 0.0729 e. The molecule has 2 rings (SSSR count). The Labute approximate surface area is 90.1 Å². The van der Waals surface area contributed by atoms with Crippen LogP contribution in [-0.4, -0.2) is 20.0 Å². The molecule has 0 amide bonds. The first-order valence-electron chi connectivity index (χ1n) is 4.19. The van der Waals surface area contributed by atoms with Crippen LogP contribution in [0, 0.1) is 0 Å². The van der Waals surface area contributed by atoms with Gasteiger partial charge in [-0.3, -0.25) is 9.67 Å². The van der Waals surface area contributed by atoms with Gasteiger partial charge in [0, 0.05) is 29.8 Å². The van der Waals surface area contributed by atoms with E-state index >= 15 is 0 Å². The molecule has 0 radical (unpaired) electrons. The van der Waals surface area contributed by atoms with Crippen LogP contribution in [0.1, 0.15) is 11.4 Å². The van der Waals surface area contributed by atoms with Gasteiger partial charge in [-0.25, -0.2) is 0 Å². The molecular weight excluding hydrogens is 244 g/mol. The van der Waals surface area contributed by atoms with Crippen LogP contribution in [0.3, 0.4) is 0 Å². The van der Waals surface area contributed by atoms with Gasteiger partial charge in [0.25, 0.3) is 0 Å². The highest BCUT2D eigenvalue weighted by molar-refractivity contribution is 9.10. The number of aromatic nitrogens is 4. The van der Waals surface area contributed by atoms with E-state index in [0.29, 0.717) is 0 Å².